The van der Waals surface area contributed by atoms with Crippen molar-refractivity contribution in [1.29, 1.82) is 0 Å². The number of nitrogens with two attached hydrogens (primary N) is 1. The van der Waals surface area contributed by atoms with Crippen molar-refractivity contribution in [3.8, 4) is 0 Å². The van der Waals surface area contributed by atoms with Crippen LogP contribution in [0.2, 0.25) is 0 Å². The molecule has 5 heteroatoms. The van der Waals surface area contributed by atoms with Gasteiger partial charge in [-0.05, 0) is 30.2 Å². The summed E-state index contributed by atoms with van der Waals surface area (Å²) in [7, 11) is 1.38. The lowest BCUT2D eigenvalue weighted by molar-refractivity contribution is -0.142. The maximum absolute atomic E-state index is 11.8. The number of benzene rings is 1. The highest BCUT2D eigenvalue weighted by Gasteiger charge is 2.23. The largest absolute Gasteiger partial charge is 0.467 e. The molecule has 1 aromatic heterocycles. The van der Waals surface area contributed by atoms with Gasteiger partial charge in [-0.3, -0.25) is 4.98 Å². The molecule has 0 saturated heterocycles. The van der Waals surface area contributed by atoms with Crippen LogP contribution < -0.4 is 11.1 Å². The molecule has 0 amide bonds. The molecule has 1 unspecified atom stereocenters. The highest BCUT2D eigenvalue weighted by Crippen LogP contribution is 2.28. The van der Waals surface area contributed by atoms with Gasteiger partial charge in [-0.1, -0.05) is 13.8 Å². The molecule has 106 valence electrons. The summed E-state index contributed by atoms with van der Waals surface area (Å²) in [6, 6.07) is 7.02. The molecular formula is C15H19N3O2. The van der Waals surface area contributed by atoms with Crippen LogP contribution in [0.15, 0.2) is 30.5 Å². The average Bonchev–Trinajstić information content (AvgIpc) is 2.46. The Hall–Kier alpha value is -2.30. The minimum atomic E-state index is -0.434. The lowest BCUT2D eigenvalue weighted by atomic mass is 10.0. The number of fused-ring (bicyclic) bond motifs is 1. The van der Waals surface area contributed by atoms with Crippen molar-refractivity contribution in [3.63, 3.8) is 0 Å². The molecule has 20 heavy (non-hydrogen) atoms. The number of nitrogens with zero attached hydrogens (tertiary/aromatic N) is 1. The van der Waals surface area contributed by atoms with E-state index in [2.05, 4.69) is 10.3 Å². The molecule has 5 nitrogen and oxygen atoms in total. The number of aromatic nitrogens is 1. The second-order valence-electron chi connectivity index (χ2n) is 4.99. The summed E-state index contributed by atoms with van der Waals surface area (Å²) in [4.78, 5) is 16.0. The molecule has 0 saturated carbocycles. The molecular weight excluding hydrogens is 254 g/mol. The van der Waals surface area contributed by atoms with Gasteiger partial charge in [0.05, 0.1) is 24.0 Å². The first kappa shape index (κ1) is 14.1. The van der Waals surface area contributed by atoms with Crippen LogP contribution >= 0.6 is 0 Å². The molecule has 2 aromatic rings. The number of carbonyl (C=O) groups is 1. The zero-order chi connectivity index (χ0) is 14.7. The molecule has 1 aromatic carbocycles. The van der Waals surface area contributed by atoms with Crippen LogP contribution in [0.3, 0.4) is 0 Å². The zero-order valence-electron chi connectivity index (χ0n) is 11.9. The summed E-state index contributed by atoms with van der Waals surface area (Å²) >= 11 is 0. The molecule has 2 rings (SSSR count). The third kappa shape index (κ3) is 2.66. The van der Waals surface area contributed by atoms with E-state index in [1.807, 2.05) is 38.1 Å². The van der Waals surface area contributed by atoms with Crippen LogP contribution in [0.4, 0.5) is 11.4 Å². The van der Waals surface area contributed by atoms with Crippen molar-refractivity contribution in [1.82, 2.24) is 4.98 Å². The average molecular weight is 273 g/mol. The lowest BCUT2D eigenvalue weighted by Gasteiger charge is -2.22. The van der Waals surface area contributed by atoms with Gasteiger partial charge in [-0.2, -0.15) is 0 Å². The maximum atomic E-state index is 11.8. The Labute approximate surface area is 118 Å². The van der Waals surface area contributed by atoms with E-state index in [0.717, 1.165) is 16.6 Å². The second-order valence-corrected chi connectivity index (χ2v) is 4.99. The number of esters is 1. The molecule has 0 bridgehead atoms. The Balaban J connectivity index is 2.37. The Morgan fingerprint density at radius 3 is 2.75 bits per heavy atom. The second kappa shape index (κ2) is 5.77. The van der Waals surface area contributed by atoms with E-state index < -0.39 is 6.04 Å². The minimum absolute atomic E-state index is 0.0893. The fraction of sp³-hybridized carbons (Fsp3) is 0.333. The lowest BCUT2D eigenvalue weighted by Crippen LogP contribution is -2.35. The summed E-state index contributed by atoms with van der Waals surface area (Å²) in [5.74, 6) is -0.211. The number of nitrogens with one attached hydrogen (secondary N) is 1. The first-order valence-corrected chi connectivity index (χ1v) is 6.52. The standard InChI is InChI=1S/C15H19N3O2/c1-9(2)14(15(19)20-3)18-12-7-6-11-10(13(12)16)5-4-8-17-11/h4-9,14,18H,16H2,1-3H3. The summed E-state index contributed by atoms with van der Waals surface area (Å²) in [5, 5.41) is 4.03. The van der Waals surface area contributed by atoms with Crippen LogP contribution in [-0.4, -0.2) is 24.1 Å². The van der Waals surface area contributed by atoms with Crippen molar-refractivity contribution in [3.05, 3.63) is 30.5 Å². The fourth-order valence-corrected chi connectivity index (χ4v) is 2.09. The number of rotatable bonds is 4. The molecule has 0 radical (unpaired) electrons. The Morgan fingerprint density at radius 1 is 1.35 bits per heavy atom. The highest BCUT2D eigenvalue weighted by molar-refractivity contribution is 5.97. The van der Waals surface area contributed by atoms with Gasteiger partial charge in [0.15, 0.2) is 0 Å². The highest BCUT2D eigenvalue weighted by atomic mass is 16.5. The molecule has 3 N–H and O–H groups in total. The Kier molecular flexibility index (Phi) is 4.08. The van der Waals surface area contributed by atoms with Gasteiger partial charge < -0.3 is 15.8 Å². The first-order valence-electron chi connectivity index (χ1n) is 6.52. The van der Waals surface area contributed by atoms with Crippen LogP contribution in [0.1, 0.15) is 13.8 Å². The summed E-state index contributed by atoms with van der Waals surface area (Å²) in [6.07, 6.45) is 1.72. The minimum Gasteiger partial charge on any atom is -0.467 e. The van der Waals surface area contributed by atoms with Crippen molar-refractivity contribution in [2.75, 3.05) is 18.2 Å². The molecule has 0 fully saturated rings. The van der Waals surface area contributed by atoms with Crippen molar-refractivity contribution >= 4 is 28.2 Å². The SMILES string of the molecule is COC(=O)C(Nc1ccc2ncccc2c1N)C(C)C. The van der Waals surface area contributed by atoms with Gasteiger partial charge in [-0.25, -0.2) is 4.79 Å². The molecule has 1 heterocycles. The first-order chi connectivity index (χ1) is 9.54. The number of methoxy groups -OCH3 is 1. The predicted octanol–water partition coefficient (Wildman–Crippen LogP) is 2.43. The van der Waals surface area contributed by atoms with Crippen LogP contribution in [0.25, 0.3) is 10.9 Å². The third-order valence-electron chi connectivity index (χ3n) is 3.26. The maximum Gasteiger partial charge on any atom is 0.328 e. The number of pyridine rings is 1. The topological polar surface area (TPSA) is 77.2 Å². The van der Waals surface area contributed by atoms with E-state index in [1.54, 1.807) is 6.20 Å². The van der Waals surface area contributed by atoms with Crippen molar-refractivity contribution in [2.45, 2.75) is 19.9 Å². The van der Waals surface area contributed by atoms with Gasteiger partial charge in [0.1, 0.15) is 6.04 Å². The third-order valence-corrected chi connectivity index (χ3v) is 3.26. The molecule has 0 aliphatic rings. The molecule has 0 spiro atoms. The van der Waals surface area contributed by atoms with Crippen molar-refractivity contribution < 1.29 is 9.53 Å². The van der Waals surface area contributed by atoms with Crippen LogP contribution in [0.5, 0.6) is 0 Å². The summed E-state index contributed by atoms with van der Waals surface area (Å²) in [6.45, 7) is 3.90. The van der Waals surface area contributed by atoms with Gasteiger partial charge in [-0.15, -0.1) is 0 Å². The number of anilines is 2. The Morgan fingerprint density at radius 2 is 2.10 bits per heavy atom. The van der Waals surface area contributed by atoms with Crippen LogP contribution in [0, 0.1) is 5.92 Å². The van der Waals surface area contributed by atoms with Crippen molar-refractivity contribution in [2.24, 2.45) is 5.92 Å². The number of carbonyl (C=O) groups excluding carboxylic acids is 1. The zero-order valence-corrected chi connectivity index (χ0v) is 11.9. The van der Waals surface area contributed by atoms with E-state index in [9.17, 15) is 4.79 Å². The number of nitrogen functional groups attached to an aromatic ring is 1. The van der Waals surface area contributed by atoms with E-state index in [-0.39, 0.29) is 11.9 Å². The van der Waals surface area contributed by atoms with E-state index in [4.69, 9.17) is 10.5 Å². The fourth-order valence-electron chi connectivity index (χ4n) is 2.09. The van der Waals surface area contributed by atoms with Gasteiger partial charge in [0.2, 0.25) is 0 Å². The normalized spacial score (nSPS) is 12.4. The molecule has 1 atom stereocenters. The van der Waals surface area contributed by atoms with Gasteiger partial charge in [0, 0.05) is 11.6 Å². The van der Waals surface area contributed by atoms with Gasteiger partial charge in [0.25, 0.3) is 0 Å². The van der Waals surface area contributed by atoms with E-state index in [0.29, 0.717) is 5.69 Å². The monoisotopic (exact) mass is 273 g/mol. The van der Waals surface area contributed by atoms with E-state index >= 15 is 0 Å². The smallest absolute Gasteiger partial charge is 0.328 e. The van der Waals surface area contributed by atoms with Gasteiger partial charge >= 0.3 is 5.97 Å². The number of hydrogen-bond acceptors (Lipinski definition) is 5. The summed E-state index contributed by atoms with van der Waals surface area (Å²) < 4.78 is 4.82. The predicted molar refractivity (Wildman–Crippen MR) is 80.4 cm³/mol. The number of hydrogen-bond donors (Lipinski definition) is 2. The molecule has 0 aliphatic heterocycles. The Bertz CT molecular complexity index is 626. The number of ether oxygens (including phenoxy) is 1. The van der Waals surface area contributed by atoms with E-state index in [1.165, 1.54) is 7.11 Å². The molecule has 0 aliphatic carbocycles. The van der Waals surface area contributed by atoms with Crippen LogP contribution in [-0.2, 0) is 9.53 Å². The quantitative estimate of drug-likeness (QED) is 0.661. The summed E-state index contributed by atoms with van der Waals surface area (Å²) in [5.41, 5.74) is 8.29.